The van der Waals surface area contributed by atoms with Crippen molar-refractivity contribution in [3.8, 4) is 0 Å². The summed E-state index contributed by atoms with van der Waals surface area (Å²) in [6, 6.07) is 9.80. The lowest BCUT2D eigenvalue weighted by molar-refractivity contribution is -0.116. The zero-order valence-corrected chi connectivity index (χ0v) is 15.2. The van der Waals surface area contributed by atoms with Gasteiger partial charge in [-0.15, -0.1) is 0 Å². The van der Waals surface area contributed by atoms with Crippen LogP contribution < -0.4 is 10.2 Å². The molecule has 2 aromatic rings. The van der Waals surface area contributed by atoms with Gasteiger partial charge in [0.1, 0.15) is 5.82 Å². The molecular weight excluding hydrogens is 343 g/mol. The van der Waals surface area contributed by atoms with Crippen molar-refractivity contribution >= 4 is 29.1 Å². The minimum atomic E-state index is -0.678. The van der Waals surface area contributed by atoms with Gasteiger partial charge in [0.25, 0.3) is 5.91 Å². The molecule has 0 spiro atoms. The van der Waals surface area contributed by atoms with Gasteiger partial charge in [0.2, 0.25) is 5.91 Å². The first-order chi connectivity index (χ1) is 11.8. The maximum absolute atomic E-state index is 13.8. The van der Waals surface area contributed by atoms with Gasteiger partial charge in [-0.1, -0.05) is 23.7 Å². The predicted molar refractivity (Wildman–Crippen MR) is 97.7 cm³/mol. The monoisotopic (exact) mass is 362 g/mol. The van der Waals surface area contributed by atoms with E-state index in [0.717, 1.165) is 16.8 Å². The molecule has 25 heavy (non-hydrogen) atoms. The van der Waals surface area contributed by atoms with Gasteiger partial charge in [-0.3, -0.25) is 9.59 Å². The normalized spacial score (nSPS) is 10.4. The van der Waals surface area contributed by atoms with Crippen molar-refractivity contribution in [3.63, 3.8) is 0 Å². The van der Waals surface area contributed by atoms with Crippen LogP contribution in [0.25, 0.3) is 0 Å². The van der Waals surface area contributed by atoms with Gasteiger partial charge in [-0.2, -0.15) is 0 Å². The first-order valence-electron chi connectivity index (χ1n) is 7.89. The van der Waals surface area contributed by atoms with Gasteiger partial charge < -0.3 is 10.2 Å². The van der Waals surface area contributed by atoms with E-state index in [0.29, 0.717) is 0 Å². The highest BCUT2D eigenvalue weighted by atomic mass is 35.5. The van der Waals surface area contributed by atoms with E-state index in [1.54, 1.807) is 4.90 Å². The third-order valence-electron chi connectivity index (χ3n) is 3.99. The fraction of sp³-hybridized carbons (Fsp3) is 0.263. The molecule has 0 radical (unpaired) electrons. The molecule has 0 unspecified atom stereocenters. The van der Waals surface area contributed by atoms with Gasteiger partial charge in [0, 0.05) is 25.7 Å². The lowest BCUT2D eigenvalue weighted by Crippen LogP contribution is -2.37. The molecule has 0 aliphatic rings. The van der Waals surface area contributed by atoms with E-state index in [4.69, 9.17) is 11.6 Å². The summed E-state index contributed by atoms with van der Waals surface area (Å²) in [5.41, 5.74) is 2.78. The summed E-state index contributed by atoms with van der Waals surface area (Å²) in [6.45, 7) is 5.88. The van der Waals surface area contributed by atoms with E-state index in [1.165, 1.54) is 25.1 Å². The summed E-state index contributed by atoms with van der Waals surface area (Å²) >= 11 is 5.88. The average Bonchev–Trinajstić information content (AvgIpc) is 2.54. The summed E-state index contributed by atoms with van der Waals surface area (Å²) < 4.78 is 13.8. The topological polar surface area (TPSA) is 49.4 Å². The molecule has 0 aliphatic heterocycles. The summed E-state index contributed by atoms with van der Waals surface area (Å²) in [4.78, 5) is 25.6. The number of benzene rings is 2. The van der Waals surface area contributed by atoms with Crippen LogP contribution in [0.15, 0.2) is 36.4 Å². The third-order valence-corrected chi connectivity index (χ3v) is 4.31. The lowest BCUT2D eigenvalue weighted by Gasteiger charge is -2.22. The van der Waals surface area contributed by atoms with Crippen LogP contribution in [0.3, 0.4) is 0 Å². The quantitative estimate of drug-likeness (QED) is 0.877. The second-order valence-electron chi connectivity index (χ2n) is 5.79. The number of amides is 2. The Hall–Kier alpha value is -2.40. The molecule has 132 valence electrons. The van der Waals surface area contributed by atoms with Crippen LogP contribution in [0.2, 0.25) is 5.02 Å². The van der Waals surface area contributed by atoms with Crippen LogP contribution in [-0.4, -0.2) is 24.9 Å². The minimum Gasteiger partial charge on any atom is -0.350 e. The molecule has 0 aromatic heterocycles. The smallest absolute Gasteiger partial charge is 0.255 e. The van der Waals surface area contributed by atoms with E-state index < -0.39 is 11.7 Å². The average molecular weight is 363 g/mol. The van der Waals surface area contributed by atoms with Crippen molar-refractivity contribution in [2.75, 3.05) is 18.0 Å². The van der Waals surface area contributed by atoms with Gasteiger partial charge in [0.15, 0.2) is 0 Å². The van der Waals surface area contributed by atoms with Crippen molar-refractivity contribution < 1.29 is 14.0 Å². The summed E-state index contributed by atoms with van der Waals surface area (Å²) in [5.74, 6) is -1.42. The molecule has 0 heterocycles. The Morgan fingerprint density at radius 2 is 1.88 bits per heavy atom. The third kappa shape index (κ3) is 4.57. The van der Waals surface area contributed by atoms with E-state index in [1.807, 2.05) is 32.0 Å². The van der Waals surface area contributed by atoms with Gasteiger partial charge in [0.05, 0.1) is 10.6 Å². The Balaban J connectivity index is 2.06. The SMILES string of the molecule is CC(=O)N(CCNC(=O)c1c(F)cccc1Cl)c1ccc(C)c(C)c1. The number of anilines is 1. The van der Waals surface area contributed by atoms with Crippen molar-refractivity contribution in [3.05, 3.63) is 63.9 Å². The van der Waals surface area contributed by atoms with Crippen LogP contribution in [0.4, 0.5) is 10.1 Å². The van der Waals surface area contributed by atoms with Crippen molar-refractivity contribution in [2.45, 2.75) is 20.8 Å². The number of hydrogen-bond acceptors (Lipinski definition) is 2. The zero-order chi connectivity index (χ0) is 18.6. The molecular formula is C19H20ClFN2O2. The van der Waals surface area contributed by atoms with E-state index in [9.17, 15) is 14.0 Å². The number of nitrogens with one attached hydrogen (secondary N) is 1. The molecule has 0 saturated heterocycles. The number of hydrogen-bond donors (Lipinski definition) is 1. The van der Waals surface area contributed by atoms with E-state index in [2.05, 4.69) is 5.32 Å². The van der Waals surface area contributed by atoms with Crippen LogP contribution in [0, 0.1) is 19.7 Å². The summed E-state index contributed by atoms with van der Waals surface area (Å²) in [5, 5.41) is 2.66. The van der Waals surface area contributed by atoms with E-state index in [-0.39, 0.29) is 29.6 Å². The molecule has 0 bridgehead atoms. The van der Waals surface area contributed by atoms with Crippen molar-refractivity contribution in [2.24, 2.45) is 0 Å². The molecule has 0 aliphatic carbocycles. The maximum atomic E-state index is 13.8. The lowest BCUT2D eigenvalue weighted by atomic mass is 10.1. The first-order valence-corrected chi connectivity index (χ1v) is 8.26. The van der Waals surface area contributed by atoms with Gasteiger partial charge >= 0.3 is 0 Å². The standard InChI is InChI=1S/C19H20ClFN2O2/c1-12-7-8-15(11-13(12)2)23(14(3)24)10-9-22-19(25)18-16(20)5-4-6-17(18)21/h4-8,11H,9-10H2,1-3H3,(H,22,25). The number of nitrogens with zero attached hydrogens (tertiary/aromatic N) is 1. The van der Waals surface area contributed by atoms with Crippen LogP contribution >= 0.6 is 11.6 Å². The number of halogens is 2. The largest absolute Gasteiger partial charge is 0.350 e. The van der Waals surface area contributed by atoms with Crippen LogP contribution in [-0.2, 0) is 4.79 Å². The molecule has 2 aromatic carbocycles. The second-order valence-corrected chi connectivity index (χ2v) is 6.20. The first kappa shape index (κ1) is 18.9. The number of carbonyl (C=O) groups excluding carboxylic acids is 2. The molecule has 1 N–H and O–H groups in total. The summed E-state index contributed by atoms with van der Waals surface area (Å²) in [6.07, 6.45) is 0. The molecule has 0 atom stereocenters. The highest BCUT2D eigenvalue weighted by molar-refractivity contribution is 6.33. The highest BCUT2D eigenvalue weighted by Crippen LogP contribution is 2.20. The molecule has 4 nitrogen and oxygen atoms in total. The van der Waals surface area contributed by atoms with Gasteiger partial charge in [-0.05, 0) is 49.2 Å². The Morgan fingerprint density at radius 3 is 2.48 bits per heavy atom. The number of carbonyl (C=O) groups is 2. The van der Waals surface area contributed by atoms with Crippen molar-refractivity contribution in [1.29, 1.82) is 0 Å². The fourth-order valence-electron chi connectivity index (χ4n) is 2.45. The maximum Gasteiger partial charge on any atom is 0.255 e. The Labute approximate surface area is 151 Å². The van der Waals surface area contributed by atoms with Crippen LogP contribution in [0.5, 0.6) is 0 Å². The van der Waals surface area contributed by atoms with Crippen LogP contribution in [0.1, 0.15) is 28.4 Å². The molecule has 2 rings (SSSR count). The Kier molecular flexibility index (Phi) is 6.15. The molecule has 6 heteroatoms. The molecule has 0 saturated carbocycles. The number of rotatable bonds is 5. The van der Waals surface area contributed by atoms with Gasteiger partial charge in [-0.25, -0.2) is 4.39 Å². The molecule has 0 fully saturated rings. The number of aryl methyl sites for hydroxylation is 2. The predicted octanol–water partition coefficient (Wildman–Crippen LogP) is 3.88. The summed E-state index contributed by atoms with van der Waals surface area (Å²) in [7, 11) is 0. The molecule has 2 amide bonds. The highest BCUT2D eigenvalue weighted by Gasteiger charge is 2.17. The van der Waals surface area contributed by atoms with Crippen molar-refractivity contribution in [1.82, 2.24) is 5.32 Å². The van der Waals surface area contributed by atoms with E-state index >= 15 is 0 Å². The Morgan fingerprint density at radius 1 is 1.16 bits per heavy atom. The second kappa shape index (κ2) is 8.12. The fourth-order valence-corrected chi connectivity index (χ4v) is 2.70. The zero-order valence-electron chi connectivity index (χ0n) is 14.4. The minimum absolute atomic E-state index is 0.0510. The Bertz CT molecular complexity index is 788.